The molecule has 1 aromatic heterocycles. The van der Waals surface area contributed by atoms with E-state index in [1.807, 2.05) is 12.3 Å². The SMILES string of the molecule is CCNC(=O)Nc1nccs1.Fc1ccccc1. The van der Waals surface area contributed by atoms with Gasteiger partial charge in [0.1, 0.15) is 5.82 Å². The van der Waals surface area contributed by atoms with Crippen LogP contribution in [0.3, 0.4) is 0 Å². The van der Waals surface area contributed by atoms with Gasteiger partial charge in [0.2, 0.25) is 0 Å². The normalized spacial score (nSPS) is 9.00. The lowest BCUT2D eigenvalue weighted by molar-refractivity contribution is 0.252. The molecule has 1 heterocycles. The van der Waals surface area contributed by atoms with Crippen LogP contribution in [-0.4, -0.2) is 17.6 Å². The summed E-state index contributed by atoms with van der Waals surface area (Å²) in [6, 6.07) is 7.73. The second-order valence-corrected chi connectivity index (χ2v) is 4.01. The average molecular weight is 267 g/mol. The van der Waals surface area contributed by atoms with Crippen molar-refractivity contribution in [3.63, 3.8) is 0 Å². The fourth-order valence-electron chi connectivity index (χ4n) is 1.00. The zero-order valence-corrected chi connectivity index (χ0v) is 10.7. The summed E-state index contributed by atoms with van der Waals surface area (Å²) in [4.78, 5) is 14.7. The minimum atomic E-state index is -0.206. The molecule has 0 saturated heterocycles. The maximum absolute atomic E-state index is 11.9. The maximum atomic E-state index is 11.9. The predicted molar refractivity (Wildman–Crippen MR) is 71.2 cm³/mol. The molecule has 0 aliphatic carbocycles. The van der Waals surface area contributed by atoms with Gasteiger partial charge in [-0.15, -0.1) is 11.3 Å². The average Bonchev–Trinajstić information content (AvgIpc) is 2.84. The van der Waals surface area contributed by atoms with Gasteiger partial charge in [-0.3, -0.25) is 5.32 Å². The first-order chi connectivity index (χ1) is 8.72. The van der Waals surface area contributed by atoms with E-state index in [1.165, 1.54) is 23.5 Å². The molecular formula is C12H14FN3OS. The number of carbonyl (C=O) groups is 1. The molecule has 2 amide bonds. The van der Waals surface area contributed by atoms with Gasteiger partial charge >= 0.3 is 6.03 Å². The van der Waals surface area contributed by atoms with E-state index >= 15 is 0 Å². The number of halogens is 1. The summed E-state index contributed by atoms with van der Waals surface area (Å²) in [5, 5.41) is 7.61. The van der Waals surface area contributed by atoms with E-state index in [2.05, 4.69) is 15.6 Å². The molecule has 0 unspecified atom stereocenters. The molecule has 0 spiro atoms. The van der Waals surface area contributed by atoms with Crippen LogP contribution in [0.25, 0.3) is 0 Å². The van der Waals surface area contributed by atoms with Crippen LogP contribution in [0.4, 0.5) is 14.3 Å². The molecule has 0 fully saturated rings. The Morgan fingerprint density at radius 1 is 1.39 bits per heavy atom. The van der Waals surface area contributed by atoms with Crippen molar-refractivity contribution in [3.05, 3.63) is 47.7 Å². The molecule has 0 saturated carbocycles. The number of thiazole rings is 1. The third-order valence-corrected chi connectivity index (χ3v) is 2.41. The summed E-state index contributed by atoms with van der Waals surface area (Å²) in [6.45, 7) is 2.48. The molecule has 2 rings (SSSR count). The third-order valence-electron chi connectivity index (χ3n) is 1.72. The van der Waals surface area contributed by atoms with Gasteiger partial charge in [0, 0.05) is 18.1 Å². The van der Waals surface area contributed by atoms with Crippen LogP contribution in [-0.2, 0) is 0 Å². The number of urea groups is 1. The van der Waals surface area contributed by atoms with Crippen molar-refractivity contribution in [2.45, 2.75) is 6.92 Å². The smallest absolute Gasteiger partial charge is 0.321 e. The Morgan fingerprint density at radius 2 is 2.11 bits per heavy atom. The van der Waals surface area contributed by atoms with E-state index in [0.717, 1.165) is 0 Å². The molecule has 2 aromatic rings. The summed E-state index contributed by atoms with van der Waals surface area (Å²) in [7, 11) is 0. The van der Waals surface area contributed by atoms with Gasteiger partial charge in [-0.25, -0.2) is 14.2 Å². The monoisotopic (exact) mass is 267 g/mol. The van der Waals surface area contributed by atoms with Gasteiger partial charge in [0.15, 0.2) is 5.13 Å². The van der Waals surface area contributed by atoms with Gasteiger partial charge in [0.25, 0.3) is 0 Å². The first-order valence-electron chi connectivity index (χ1n) is 5.37. The molecule has 96 valence electrons. The van der Waals surface area contributed by atoms with Crippen molar-refractivity contribution in [1.82, 2.24) is 10.3 Å². The largest absolute Gasteiger partial charge is 0.338 e. The molecule has 0 aliphatic heterocycles. The van der Waals surface area contributed by atoms with E-state index in [9.17, 15) is 9.18 Å². The molecule has 0 aliphatic rings. The summed E-state index contributed by atoms with van der Waals surface area (Å²) in [6.07, 6.45) is 1.65. The number of carbonyl (C=O) groups excluding carboxylic acids is 1. The van der Waals surface area contributed by atoms with Gasteiger partial charge in [0.05, 0.1) is 0 Å². The van der Waals surface area contributed by atoms with Crippen LogP contribution < -0.4 is 10.6 Å². The zero-order valence-electron chi connectivity index (χ0n) is 9.89. The number of rotatable bonds is 2. The summed E-state index contributed by atoms with van der Waals surface area (Å²) in [5.74, 6) is -0.178. The van der Waals surface area contributed by atoms with Crippen molar-refractivity contribution < 1.29 is 9.18 Å². The topological polar surface area (TPSA) is 54.0 Å². The van der Waals surface area contributed by atoms with Crippen LogP contribution in [0, 0.1) is 5.82 Å². The van der Waals surface area contributed by atoms with Crippen molar-refractivity contribution in [2.24, 2.45) is 0 Å². The fourth-order valence-corrected chi connectivity index (χ4v) is 1.53. The molecule has 4 nitrogen and oxygen atoms in total. The Hall–Kier alpha value is -1.95. The Kier molecular flexibility index (Phi) is 6.42. The number of hydrogen-bond acceptors (Lipinski definition) is 3. The Bertz CT molecular complexity index is 448. The number of hydrogen-bond donors (Lipinski definition) is 2. The van der Waals surface area contributed by atoms with Gasteiger partial charge in [-0.2, -0.15) is 0 Å². The van der Waals surface area contributed by atoms with Crippen molar-refractivity contribution in [2.75, 3.05) is 11.9 Å². The fraction of sp³-hybridized carbons (Fsp3) is 0.167. The van der Waals surface area contributed by atoms with E-state index in [0.29, 0.717) is 11.7 Å². The van der Waals surface area contributed by atoms with Crippen LogP contribution in [0.1, 0.15) is 6.92 Å². The standard InChI is InChI=1S/C6H5F.C6H9N3OS/c7-6-4-2-1-3-5-6;1-2-7-5(10)9-6-8-3-4-11-6/h1-5H;3-4H,2H2,1H3,(H2,7,8,9,10). The van der Waals surface area contributed by atoms with Crippen molar-refractivity contribution in [3.8, 4) is 0 Å². The first kappa shape index (κ1) is 14.1. The van der Waals surface area contributed by atoms with E-state index in [-0.39, 0.29) is 11.8 Å². The van der Waals surface area contributed by atoms with Crippen molar-refractivity contribution >= 4 is 22.5 Å². The molecule has 0 atom stereocenters. The Balaban J connectivity index is 0.000000199. The lowest BCUT2D eigenvalue weighted by Gasteiger charge is -2.00. The minimum absolute atomic E-state index is 0.178. The number of amides is 2. The Morgan fingerprint density at radius 3 is 2.56 bits per heavy atom. The summed E-state index contributed by atoms with van der Waals surface area (Å²) < 4.78 is 11.9. The molecular weight excluding hydrogens is 253 g/mol. The molecule has 1 aromatic carbocycles. The quantitative estimate of drug-likeness (QED) is 0.878. The van der Waals surface area contributed by atoms with Crippen LogP contribution in [0.15, 0.2) is 41.9 Å². The lowest BCUT2D eigenvalue weighted by atomic mass is 10.4. The molecule has 2 N–H and O–H groups in total. The van der Waals surface area contributed by atoms with Crippen LogP contribution in [0.2, 0.25) is 0 Å². The highest BCUT2D eigenvalue weighted by Crippen LogP contribution is 2.09. The highest BCUT2D eigenvalue weighted by molar-refractivity contribution is 7.13. The number of nitrogens with zero attached hydrogens (tertiary/aromatic N) is 1. The van der Waals surface area contributed by atoms with Crippen LogP contribution >= 0.6 is 11.3 Å². The number of benzene rings is 1. The van der Waals surface area contributed by atoms with Gasteiger partial charge < -0.3 is 5.32 Å². The maximum Gasteiger partial charge on any atom is 0.321 e. The van der Waals surface area contributed by atoms with Crippen LogP contribution in [0.5, 0.6) is 0 Å². The Labute approximate surface area is 109 Å². The van der Waals surface area contributed by atoms with E-state index in [1.54, 1.807) is 24.4 Å². The lowest BCUT2D eigenvalue weighted by Crippen LogP contribution is -2.28. The highest BCUT2D eigenvalue weighted by Gasteiger charge is 1.99. The molecule has 0 radical (unpaired) electrons. The van der Waals surface area contributed by atoms with Gasteiger partial charge in [-0.05, 0) is 19.1 Å². The van der Waals surface area contributed by atoms with E-state index in [4.69, 9.17) is 0 Å². The summed E-state index contributed by atoms with van der Waals surface area (Å²) in [5.41, 5.74) is 0. The second kappa shape index (κ2) is 8.19. The molecule has 18 heavy (non-hydrogen) atoms. The van der Waals surface area contributed by atoms with Gasteiger partial charge in [-0.1, -0.05) is 18.2 Å². The molecule has 6 heteroatoms. The number of aromatic nitrogens is 1. The number of anilines is 1. The second-order valence-electron chi connectivity index (χ2n) is 3.12. The van der Waals surface area contributed by atoms with Crippen molar-refractivity contribution in [1.29, 1.82) is 0 Å². The zero-order chi connectivity index (χ0) is 13.2. The summed E-state index contributed by atoms with van der Waals surface area (Å²) >= 11 is 1.39. The third kappa shape index (κ3) is 5.95. The number of nitrogens with one attached hydrogen (secondary N) is 2. The van der Waals surface area contributed by atoms with E-state index < -0.39 is 0 Å². The predicted octanol–water partition coefficient (Wildman–Crippen LogP) is 3.11. The molecule has 0 bridgehead atoms. The first-order valence-corrected chi connectivity index (χ1v) is 6.25. The highest BCUT2D eigenvalue weighted by atomic mass is 32.1. The minimum Gasteiger partial charge on any atom is -0.338 e.